The number of aliphatic hydroxyl groups is 1. The van der Waals surface area contributed by atoms with E-state index in [1.54, 1.807) is 0 Å². The van der Waals surface area contributed by atoms with Gasteiger partial charge in [0, 0.05) is 18.8 Å². The minimum absolute atomic E-state index is 0.0226. The lowest BCUT2D eigenvalue weighted by Crippen LogP contribution is -2.43. The van der Waals surface area contributed by atoms with E-state index >= 15 is 0 Å². The highest BCUT2D eigenvalue weighted by molar-refractivity contribution is 7.89. The molecule has 15 heavy (non-hydrogen) atoms. The number of H-pyrrole nitrogens is 1. The van der Waals surface area contributed by atoms with E-state index in [-0.39, 0.29) is 11.4 Å². The quantitative estimate of drug-likeness (QED) is 0.488. The first-order valence-corrected chi connectivity index (χ1v) is 5.84. The third kappa shape index (κ3) is 3.27. The molecule has 2 unspecified atom stereocenters. The van der Waals surface area contributed by atoms with Gasteiger partial charge in [-0.2, -0.15) is 5.10 Å². The van der Waals surface area contributed by atoms with E-state index < -0.39 is 22.2 Å². The molecule has 0 saturated heterocycles. The monoisotopic (exact) mass is 234 g/mol. The number of hydrogen-bond acceptors (Lipinski definition) is 5. The Balaban J connectivity index is 2.59. The van der Waals surface area contributed by atoms with Crippen LogP contribution in [0.1, 0.15) is 6.92 Å². The van der Waals surface area contributed by atoms with Crippen LogP contribution < -0.4 is 10.5 Å². The van der Waals surface area contributed by atoms with Crippen molar-refractivity contribution in [3.8, 4) is 0 Å². The number of sulfonamides is 1. The fourth-order valence-corrected chi connectivity index (χ4v) is 1.82. The molecule has 1 aromatic rings. The van der Waals surface area contributed by atoms with Crippen molar-refractivity contribution in [2.45, 2.75) is 24.0 Å². The van der Waals surface area contributed by atoms with Crippen LogP contribution in [0, 0.1) is 0 Å². The standard InChI is InChI=1S/C7H14N4O3S/c1-5(12)7(8)4-11-15(13,14)6-2-9-10-3-6/h2-3,5,7,11-12H,4,8H2,1H3,(H,9,10). The first-order valence-electron chi connectivity index (χ1n) is 4.35. The second-order valence-electron chi connectivity index (χ2n) is 3.19. The lowest BCUT2D eigenvalue weighted by Gasteiger charge is -2.14. The van der Waals surface area contributed by atoms with Crippen molar-refractivity contribution < 1.29 is 13.5 Å². The van der Waals surface area contributed by atoms with Gasteiger partial charge in [-0.25, -0.2) is 13.1 Å². The lowest BCUT2D eigenvalue weighted by atomic mass is 10.2. The summed E-state index contributed by atoms with van der Waals surface area (Å²) in [6.45, 7) is 1.47. The van der Waals surface area contributed by atoms with Crippen LogP contribution in [-0.4, -0.2) is 42.4 Å². The summed E-state index contributed by atoms with van der Waals surface area (Å²) in [6.07, 6.45) is 1.68. The highest BCUT2D eigenvalue weighted by Crippen LogP contribution is 2.03. The second-order valence-corrected chi connectivity index (χ2v) is 4.96. The van der Waals surface area contributed by atoms with Crippen molar-refractivity contribution in [3.63, 3.8) is 0 Å². The first-order chi connectivity index (χ1) is 6.93. The number of aromatic amines is 1. The number of aromatic nitrogens is 2. The molecule has 1 aromatic heterocycles. The molecule has 0 aliphatic heterocycles. The summed E-state index contributed by atoms with van der Waals surface area (Å²) in [5.74, 6) is 0. The predicted octanol–water partition coefficient (Wildman–Crippen LogP) is -1.60. The van der Waals surface area contributed by atoms with E-state index in [0.717, 1.165) is 0 Å². The topological polar surface area (TPSA) is 121 Å². The van der Waals surface area contributed by atoms with Crippen LogP contribution >= 0.6 is 0 Å². The third-order valence-electron chi connectivity index (χ3n) is 1.91. The zero-order valence-electron chi connectivity index (χ0n) is 8.21. The van der Waals surface area contributed by atoms with Gasteiger partial charge in [0.15, 0.2) is 0 Å². The van der Waals surface area contributed by atoms with Gasteiger partial charge in [-0.1, -0.05) is 0 Å². The molecule has 0 aromatic carbocycles. The number of nitrogens with one attached hydrogen (secondary N) is 2. The average Bonchev–Trinajstić information content (AvgIpc) is 2.67. The second kappa shape index (κ2) is 4.71. The molecule has 8 heteroatoms. The number of nitrogens with two attached hydrogens (primary N) is 1. The fraction of sp³-hybridized carbons (Fsp3) is 0.571. The molecule has 0 radical (unpaired) electrons. The fourth-order valence-electron chi connectivity index (χ4n) is 0.846. The zero-order chi connectivity index (χ0) is 11.5. The lowest BCUT2D eigenvalue weighted by molar-refractivity contribution is 0.164. The van der Waals surface area contributed by atoms with Crippen LogP contribution in [0.15, 0.2) is 17.3 Å². The Kier molecular flexibility index (Phi) is 3.80. The Hall–Kier alpha value is -0.960. The van der Waals surface area contributed by atoms with Crippen molar-refractivity contribution in [1.29, 1.82) is 0 Å². The van der Waals surface area contributed by atoms with Gasteiger partial charge in [-0.15, -0.1) is 0 Å². The van der Waals surface area contributed by atoms with Crippen LogP contribution in [0.2, 0.25) is 0 Å². The molecule has 0 saturated carbocycles. The number of nitrogens with zero attached hydrogens (tertiary/aromatic N) is 1. The van der Waals surface area contributed by atoms with Gasteiger partial charge >= 0.3 is 0 Å². The highest BCUT2D eigenvalue weighted by Gasteiger charge is 2.17. The molecular formula is C7H14N4O3S. The third-order valence-corrected chi connectivity index (χ3v) is 3.30. The van der Waals surface area contributed by atoms with Crippen LogP contribution in [0.25, 0.3) is 0 Å². The largest absolute Gasteiger partial charge is 0.392 e. The minimum Gasteiger partial charge on any atom is -0.392 e. The van der Waals surface area contributed by atoms with Gasteiger partial charge < -0.3 is 10.8 Å². The van der Waals surface area contributed by atoms with Gasteiger partial charge in [0.1, 0.15) is 4.90 Å². The van der Waals surface area contributed by atoms with Crippen LogP contribution in [0.4, 0.5) is 0 Å². The molecule has 0 amide bonds. The summed E-state index contributed by atoms with van der Waals surface area (Å²) in [4.78, 5) is 0.0419. The number of hydrogen-bond donors (Lipinski definition) is 4. The normalized spacial score (nSPS) is 16.2. The summed E-state index contributed by atoms with van der Waals surface area (Å²) in [6, 6.07) is -0.633. The van der Waals surface area contributed by atoms with Crippen molar-refractivity contribution in [2.24, 2.45) is 5.73 Å². The Labute approximate surface area is 87.7 Å². The molecule has 1 heterocycles. The van der Waals surface area contributed by atoms with Crippen LogP contribution in [-0.2, 0) is 10.0 Å². The van der Waals surface area contributed by atoms with E-state index in [4.69, 9.17) is 10.8 Å². The molecule has 0 fully saturated rings. The molecule has 0 aliphatic carbocycles. The Morgan fingerprint density at radius 3 is 2.87 bits per heavy atom. The Bertz CT molecular complexity index is 386. The molecular weight excluding hydrogens is 220 g/mol. The highest BCUT2D eigenvalue weighted by atomic mass is 32.2. The molecule has 2 atom stereocenters. The molecule has 1 rings (SSSR count). The van der Waals surface area contributed by atoms with E-state index in [0.29, 0.717) is 0 Å². The van der Waals surface area contributed by atoms with Crippen molar-refractivity contribution in [1.82, 2.24) is 14.9 Å². The van der Waals surface area contributed by atoms with Gasteiger partial charge in [-0.3, -0.25) is 5.10 Å². The molecule has 5 N–H and O–H groups in total. The maximum absolute atomic E-state index is 11.5. The number of aliphatic hydroxyl groups excluding tert-OH is 1. The summed E-state index contributed by atoms with van der Waals surface area (Å²) in [7, 11) is -3.58. The first kappa shape index (κ1) is 12.1. The van der Waals surface area contributed by atoms with E-state index in [9.17, 15) is 8.42 Å². The van der Waals surface area contributed by atoms with E-state index in [2.05, 4.69) is 14.9 Å². The predicted molar refractivity (Wildman–Crippen MR) is 53.4 cm³/mol. The van der Waals surface area contributed by atoms with Gasteiger partial charge in [0.25, 0.3) is 0 Å². The SMILES string of the molecule is CC(O)C(N)CNS(=O)(=O)c1cn[nH]c1. The maximum Gasteiger partial charge on any atom is 0.243 e. The van der Waals surface area contributed by atoms with Crippen LogP contribution in [0.5, 0.6) is 0 Å². The van der Waals surface area contributed by atoms with Crippen molar-refractivity contribution in [2.75, 3.05) is 6.54 Å². The molecule has 0 bridgehead atoms. The summed E-state index contributed by atoms with van der Waals surface area (Å²) in [5.41, 5.74) is 5.48. The van der Waals surface area contributed by atoms with Crippen molar-refractivity contribution >= 4 is 10.0 Å². The van der Waals surface area contributed by atoms with E-state index in [1.807, 2.05) is 0 Å². The minimum atomic E-state index is -3.58. The molecule has 0 aliphatic rings. The summed E-state index contributed by atoms with van der Waals surface area (Å²) in [5, 5.41) is 15.0. The van der Waals surface area contributed by atoms with Gasteiger partial charge in [0.05, 0.1) is 12.3 Å². The van der Waals surface area contributed by atoms with Gasteiger partial charge in [0.2, 0.25) is 10.0 Å². The number of rotatable bonds is 5. The Morgan fingerprint density at radius 1 is 1.73 bits per heavy atom. The summed E-state index contributed by atoms with van der Waals surface area (Å²) >= 11 is 0. The van der Waals surface area contributed by atoms with Crippen molar-refractivity contribution in [3.05, 3.63) is 12.4 Å². The molecule has 86 valence electrons. The summed E-state index contributed by atoms with van der Waals surface area (Å²) < 4.78 is 25.3. The Morgan fingerprint density at radius 2 is 2.40 bits per heavy atom. The van der Waals surface area contributed by atoms with E-state index in [1.165, 1.54) is 19.3 Å². The smallest absolute Gasteiger partial charge is 0.243 e. The molecule has 0 spiro atoms. The molecule has 7 nitrogen and oxygen atoms in total. The zero-order valence-corrected chi connectivity index (χ0v) is 9.03. The average molecular weight is 234 g/mol. The van der Waals surface area contributed by atoms with Gasteiger partial charge in [-0.05, 0) is 6.92 Å². The maximum atomic E-state index is 11.5. The van der Waals surface area contributed by atoms with Crippen LogP contribution in [0.3, 0.4) is 0 Å².